The van der Waals surface area contributed by atoms with Gasteiger partial charge in [0.05, 0.1) is 6.61 Å². The van der Waals surface area contributed by atoms with Crippen LogP contribution in [0, 0.1) is 0 Å². The van der Waals surface area contributed by atoms with Crippen molar-refractivity contribution in [1.82, 2.24) is 0 Å². The molecule has 0 amide bonds. The third-order valence-corrected chi connectivity index (χ3v) is 3.42. The van der Waals surface area contributed by atoms with Crippen LogP contribution in [-0.2, 0) is 0 Å². The first-order valence-electron chi connectivity index (χ1n) is 6.49. The highest BCUT2D eigenvalue weighted by Crippen LogP contribution is 2.31. The number of nitrogens with two attached hydrogens (primary N) is 1. The van der Waals surface area contributed by atoms with E-state index in [0.29, 0.717) is 6.04 Å². The quantitative estimate of drug-likeness (QED) is 0.792. The number of hydrogen-bond acceptors (Lipinski definition) is 3. The van der Waals surface area contributed by atoms with Crippen molar-refractivity contribution in [2.45, 2.75) is 38.3 Å². The Morgan fingerprint density at radius 1 is 1.35 bits per heavy atom. The van der Waals surface area contributed by atoms with Gasteiger partial charge in [0.1, 0.15) is 0 Å². The molecule has 0 aliphatic heterocycles. The average Bonchev–Trinajstić information content (AvgIpc) is 3.19. The summed E-state index contributed by atoms with van der Waals surface area (Å²) in [6.07, 6.45) is 3.45. The van der Waals surface area contributed by atoms with Crippen LogP contribution in [0.1, 0.15) is 37.8 Å². The van der Waals surface area contributed by atoms with Crippen LogP contribution in [0.5, 0.6) is 0 Å². The van der Waals surface area contributed by atoms with Crippen LogP contribution in [-0.4, -0.2) is 24.3 Å². The molecule has 0 saturated heterocycles. The number of aliphatic hydroxyl groups is 1. The monoisotopic (exact) mass is 234 g/mol. The number of rotatable bonds is 6. The summed E-state index contributed by atoms with van der Waals surface area (Å²) < 4.78 is 0. The second-order valence-electron chi connectivity index (χ2n) is 4.75. The lowest BCUT2D eigenvalue weighted by Crippen LogP contribution is -2.28. The smallest absolute Gasteiger partial charge is 0.0606 e. The van der Waals surface area contributed by atoms with E-state index in [9.17, 15) is 0 Å². The molecule has 1 atom stereocenters. The molecule has 0 spiro atoms. The van der Waals surface area contributed by atoms with Crippen molar-refractivity contribution >= 4 is 5.69 Å². The topological polar surface area (TPSA) is 49.5 Å². The van der Waals surface area contributed by atoms with Gasteiger partial charge in [0.15, 0.2) is 0 Å². The van der Waals surface area contributed by atoms with Gasteiger partial charge in [-0.15, -0.1) is 0 Å². The molecule has 0 unspecified atom stereocenters. The molecule has 0 aromatic heterocycles. The van der Waals surface area contributed by atoms with Crippen LogP contribution >= 0.6 is 0 Å². The second kappa shape index (κ2) is 5.52. The summed E-state index contributed by atoms with van der Waals surface area (Å²) in [6.45, 7) is 3.04. The molecule has 1 aromatic carbocycles. The Hall–Kier alpha value is -1.06. The summed E-state index contributed by atoms with van der Waals surface area (Å²) in [5.41, 5.74) is 8.39. The maximum absolute atomic E-state index is 9.09. The maximum Gasteiger partial charge on any atom is 0.0606 e. The van der Waals surface area contributed by atoms with E-state index in [1.165, 1.54) is 24.1 Å². The fourth-order valence-electron chi connectivity index (χ4n) is 2.17. The summed E-state index contributed by atoms with van der Waals surface area (Å²) in [6, 6.07) is 9.23. The van der Waals surface area contributed by atoms with Crippen LogP contribution in [0.4, 0.5) is 5.69 Å². The first kappa shape index (κ1) is 12.4. The van der Waals surface area contributed by atoms with Crippen molar-refractivity contribution in [3.63, 3.8) is 0 Å². The Labute approximate surface area is 103 Å². The molecule has 17 heavy (non-hydrogen) atoms. The summed E-state index contributed by atoms with van der Waals surface area (Å²) in [4.78, 5) is 2.29. The lowest BCUT2D eigenvalue weighted by atomic mass is 10.1. The van der Waals surface area contributed by atoms with E-state index < -0.39 is 0 Å². The van der Waals surface area contributed by atoms with Gasteiger partial charge in [-0.05, 0) is 37.0 Å². The minimum Gasteiger partial charge on any atom is -0.395 e. The van der Waals surface area contributed by atoms with Gasteiger partial charge in [-0.3, -0.25) is 0 Å². The molecule has 1 aliphatic carbocycles. The number of anilines is 1. The van der Waals surface area contributed by atoms with Gasteiger partial charge in [0, 0.05) is 24.3 Å². The van der Waals surface area contributed by atoms with E-state index in [-0.39, 0.29) is 12.6 Å². The Bertz CT molecular complexity index is 346. The van der Waals surface area contributed by atoms with E-state index in [1.807, 2.05) is 0 Å². The maximum atomic E-state index is 9.09. The van der Waals surface area contributed by atoms with Gasteiger partial charge in [0.2, 0.25) is 0 Å². The predicted molar refractivity (Wildman–Crippen MR) is 71.1 cm³/mol. The van der Waals surface area contributed by atoms with Crippen LogP contribution < -0.4 is 10.6 Å². The molecule has 3 heteroatoms. The van der Waals surface area contributed by atoms with Gasteiger partial charge in [0.25, 0.3) is 0 Å². The average molecular weight is 234 g/mol. The molecule has 1 aromatic rings. The molecule has 1 saturated carbocycles. The van der Waals surface area contributed by atoms with E-state index in [2.05, 4.69) is 36.1 Å². The summed E-state index contributed by atoms with van der Waals surface area (Å²) in [5, 5.41) is 9.09. The van der Waals surface area contributed by atoms with Gasteiger partial charge in [-0.25, -0.2) is 0 Å². The highest BCUT2D eigenvalue weighted by Gasteiger charge is 2.28. The van der Waals surface area contributed by atoms with E-state index >= 15 is 0 Å². The fraction of sp³-hybridized carbons (Fsp3) is 0.571. The first-order chi connectivity index (χ1) is 8.26. The lowest BCUT2D eigenvalue weighted by molar-refractivity contribution is 0.301. The fourth-order valence-corrected chi connectivity index (χ4v) is 2.17. The first-order valence-corrected chi connectivity index (χ1v) is 6.49. The molecule has 1 fully saturated rings. The van der Waals surface area contributed by atoms with Crippen LogP contribution in [0.2, 0.25) is 0 Å². The van der Waals surface area contributed by atoms with Gasteiger partial charge in [-0.1, -0.05) is 19.1 Å². The highest BCUT2D eigenvalue weighted by molar-refractivity contribution is 5.50. The number of nitrogens with zero attached hydrogens (tertiary/aromatic N) is 1. The number of aliphatic hydroxyl groups excluding tert-OH is 1. The van der Waals surface area contributed by atoms with Crippen molar-refractivity contribution in [2.24, 2.45) is 5.73 Å². The molecule has 94 valence electrons. The SMILES string of the molecule is CC[C@@H](N)c1ccc(N(CCO)C2CC2)cc1. The van der Waals surface area contributed by atoms with Gasteiger partial charge in [-0.2, -0.15) is 0 Å². The Morgan fingerprint density at radius 2 is 2.00 bits per heavy atom. The molecule has 3 nitrogen and oxygen atoms in total. The van der Waals surface area contributed by atoms with Crippen molar-refractivity contribution in [3.8, 4) is 0 Å². The third-order valence-electron chi connectivity index (χ3n) is 3.42. The van der Waals surface area contributed by atoms with E-state index in [1.54, 1.807) is 0 Å². The number of benzene rings is 1. The summed E-state index contributed by atoms with van der Waals surface area (Å²) in [5.74, 6) is 0. The number of hydrogen-bond donors (Lipinski definition) is 2. The largest absolute Gasteiger partial charge is 0.395 e. The molecule has 0 radical (unpaired) electrons. The predicted octanol–water partition coefficient (Wildman–Crippen LogP) is 2.06. The highest BCUT2D eigenvalue weighted by atomic mass is 16.3. The van der Waals surface area contributed by atoms with Gasteiger partial charge >= 0.3 is 0 Å². The van der Waals surface area contributed by atoms with Gasteiger partial charge < -0.3 is 15.7 Å². The van der Waals surface area contributed by atoms with Crippen LogP contribution in [0.15, 0.2) is 24.3 Å². The standard InChI is InChI=1S/C14H22N2O/c1-2-14(15)11-3-5-12(6-4-11)16(9-10-17)13-7-8-13/h3-6,13-14,17H,2,7-10,15H2,1H3/t14-/m1/s1. The van der Waals surface area contributed by atoms with Crippen LogP contribution in [0.3, 0.4) is 0 Å². The Kier molecular flexibility index (Phi) is 4.02. The molecule has 1 aliphatic rings. The normalized spacial score (nSPS) is 16.9. The van der Waals surface area contributed by atoms with Crippen molar-refractivity contribution in [2.75, 3.05) is 18.1 Å². The zero-order valence-electron chi connectivity index (χ0n) is 10.5. The zero-order chi connectivity index (χ0) is 12.3. The summed E-state index contributed by atoms with van der Waals surface area (Å²) in [7, 11) is 0. The Balaban J connectivity index is 2.09. The molecular formula is C14H22N2O. The molecule has 0 bridgehead atoms. The van der Waals surface area contributed by atoms with Crippen molar-refractivity contribution in [3.05, 3.63) is 29.8 Å². The second-order valence-corrected chi connectivity index (χ2v) is 4.75. The minimum absolute atomic E-state index is 0.135. The van der Waals surface area contributed by atoms with Crippen molar-refractivity contribution in [1.29, 1.82) is 0 Å². The Morgan fingerprint density at radius 3 is 2.47 bits per heavy atom. The van der Waals surface area contributed by atoms with E-state index in [0.717, 1.165) is 13.0 Å². The lowest BCUT2D eigenvalue weighted by Gasteiger charge is -2.24. The molecule has 3 N–H and O–H groups in total. The molecule has 2 rings (SSSR count). The molecule has 0 heterocycles. The summed E-state index contributed by atoms with van der Waals surface area (Å²) >= 11 is 0. The van der Waals surface area contributed by atoms with E-state index in [4.69, 9.17) is 10.8 Å². The molecular weight excluding hydrogens is 212 g/mol. The van der Waals surface area contributed by atoms with Crippen LogP contribution in [0.25, 0.3) is 0 Å². The zero-order valence-corrected chi connectivity index (χ0v) is 10.5. The third kappa shape index (κ3) is 2.99. The van der Waals surface area contributed by atoms with Crippen molar-refractivity contribution < 1.29 is 5.11 Å². The minimum atomic E-state index is 0.135.